The maximum absolute atomic E-state index is 14.1. The van der Waals surface area contributed by atoms with Gasteiger partial charge in [-0.3, -0.25) is 4.79 Å². The molecule has 1 aliphatic rings. The van der Waals surface area contributed by atoms with E-state index in [1.165, 1.54) is 0 Å². The zero-order chi connectivity index (χ0) is 15.8. The summed E-state index contributed by atoms with van der Waals surface area (Å²) < 4.78 is 53.6. The molecule has 0 aliphatic carbocycles. The lowest BCUT2D eigenvalue weighted by atomic mass is 9.88. The average molecular weight is 307 g/mol. The van der Waals surface area contributed by atoms with E-state index in [0.29, 0.717) is 0 Å². The fourth-order valence-corrected chi connectivity index (χ4v) is 1.90. The van der Waals surface area contributed by atoms with Crippen molar-refractivity contribution in [1.29, 1.82) is 0 Å². The molecule has 9 heteroatoms. The number of rotatable bonds is 3. The predicted octanol–water partition coefficient (Wildman–Crippen LogP) is 2.47. The highest BCUT2D eigenvalue weighted by atomic mass is 19.4. The third-order valence-corrected chi connectivity index (χ3v) is 2.91. The molecule has 1 aromatic rings. The maximum Gasteiger partial charge on any atom is 0.573 e. The number of carbonyl (C=O) groups is 2. The summed E-state index contributed by atoms with van der Waals surface area (Å²) in [5, 5.41) is 8.59. The first kappa shape index (κ1) is 15.1. The second-order valence-electron chi connectivity index (χ2n) is 4.51. The van der Waals surface area contributed by atoms with E-state index in [1.807, 2.05) is 0 Å². The average Bonchev–Trinajstić information content (AvgIpc) is 2.33. The van der Waals surface area contributed by atoms with Crippen molar-refractivity contribution in [3.8, 4) is 5.75 Å². The molecule has 1 aliphatic heterocycles. The molecule has 114 valence electrons. The van der Waals surface area contributed by atoms with Gasteiger partial charge in [-0.2, -0.15) is 0 Å². The van der Waals surface area contributed by atoms with E-state index in [9.17, 15) is 27.2 Å². The Balaban J connectivity index is 2.06. The highest BCUT2D eigenvalue weighted by Crippen LogP contribution is 2.30. The Kier molecular flexibility index (Phi) is 3.52. The van der Waals surface area contributed by atoms with Crippen LogP contribution >= 0.6 is 0 Å². The lowest BCUT2D eigenvalue weighted by Crippen LogP contribution is -2.64. The van der Waals surface area contributed by atoms with Gasteiger partial charge in [-0.25, -0.2) is 9.18 Å². The number of alkyl halides is 4. The molecule has 1 aromatic carbocycles. The predicted molar refractivity (Wildman–Crippen MR) is 60.9 cm³/mol. The largest absolute Gasteiger partial charge is 0.573 e. The van der Waals surface area contributed by atoms with Gasteiger partial charge in [-0.05, 0) is 24.3 Å². The van der Waals surface area contributed by atoms with E-state index in [1.54, 1.807) is 0 Å². The molecule has 0 atom stereocenters. The van der Waals surface area contributed by atoms with Crippen molar-refractivity contribution in [2.45, 2.75) is 12.0 Å². The molecule has 0 bridgehead atoms. The molecule has 0 aromatic heterocycles. The van der Waals surface area contributed by atoms with E-state index in [-0.39, 0.29) is 5.56 Å². The zero-order valence-corrected chi connectivity index (χ0v) is 10.4. The molecular formula is C12H9F4NO4. The summed E-state index contributed by atoms with van der Waals surface area (Å²) in [6.07, 6.45) is -6.20. The SMILES string of the molecule is O=C(O)N1CC(F)(C(=O)c2ccc(OC(F)(F)F)cc2)C1. The van der Waals surface area contributed by atoms with Crippen LogP contribution in [0.3, 0.4) is 0 Å². The Labute approximate surface area is 115 Å². The van der Waals surface area contributed by atoms with Gasteiger partial charge < -0.3 is 14.7 Å². The number of carbonyl (C=O) groups excluding carboxylic acids is 1. The third kappa shape index (κ3) is 3.23. The van der Waals surface area contributed by atoms with Gasteiger partial charge in [0.15, 0.2) is 0 Å². The molecule has 1 N–H and O–H groups in total. The van der Waals surface area contributed by atoms with Gasteiger partial charge in [0.2, 0.25) is 11.5 Å². The summed E-state index contributed by atoms with van der Waals surface area (Å²) in [6, 6.07) is 3.76. The molecule has 1 fully saturated rings. The standard InChI is InChI=1S/C12H9F4NO4/c13-11(5-17(6-11)10(19)20)9(18)7-1-3-8(4-2-7)21-12(14,15)16/h1-4H,5-6H2,(H,19,20). The number of carboxylic acid groups (broad SMARTS) is 1. The van der Waals surface area contributed by atoms with Crippen LogP contribution in [0.4, 0.5) is 22.4 Å². The fourth-order valence-electron chi connectivity index (χ4n) is 1.90. The lowest BCUT2D eigenvalue weighted by Gasteiger charge is -2.41. The van der Waals surface area contributed by atoms with Crippen LogP contribution in [-0.2, 0) is 0 Å². The number of Topliss-reactive ketones (excluding diaryl/α,β-unsaturated/α-hetero) is 1. The summed E-state index contributed by atoms with van der Waals surface area (Å²) in [7, 11) is 0. The minimum atomic E-state index is -4.86. The number of hydrogen-bond acceptors (Lipinski definition) is 3. The van der Waals surface area contributed by atoms with Crippen molar-refractivity contribution in [3.05, 3.63) is 29.8 Å². The fraction of sp³-hybridized carbons (Fsp3) is 0.333. The van der Waals surface area contributed by atoms with Crippen LogP contribution in [0.15, 0.2) is 24.3 Å². The number of halogens is 4. The minimum absolute atomic E-state index is 0.155. The van der Waals surface area contributed by atoms with Crippen LogP contribution in [0, 0.1) is 0 Å². The molecule has 2 rings (SSSR count). The Bertz CT molecular complexity index is 564. The van der Waals surface area contributed by atoms with Crippen molar-refractivity contribution in [1.82, 2.24) is 4.90 Å². The van der Waals surface area contributed by atoms with E-state index in [2.05, 4.69) is 4.74 Å². The van der Waals surface area contributed by atoms with Crippen molar-refractivity contribution >= 4 is 11.9 Å². The number of likely N-dealkylation sites (tertiary alicyclic amines) is 1. The summed E-state index contributed by atoms with van der Waals surface area (Å²) in [6.45, 7) is -1.19. The molecule has 5 nitrogen and oxygen atoms in total. The van der Waals surface area contributed by atoms with Crippen molar-refractivity contribution in [2.75, 3.05) is 13.1 Å². The Hall–Kier alpha value is -2.32. The number of hydrogen-bond donors (Lipinski definition) is 1. The van der Waals surface area contributed by atoms with Crippen LogP contribution in [0.25, 0.3) is 0 Å². The summed E-state index contributed by atoms with van der Waals surface area (Å²) in [5.41, 5.74) is -2.50. The monoisotopic (exact) mass is 307 g/mol. The molecule has 0 unspecified atom stereocenters. The zero-order valence-electron chi connectivity index (χ0n) is 10.4. The normalized spacial score (nSPS) is 17.0. The van der Waals surface area contributed by atoms with Crippen molar-refractivity contribution in [3.63, 3.8) is 0 Å². The number of benzene rings is 1. The van der Waals surface area contributed by atoms with Gasteiger partial charge >= 0.3 is 12.5 Å². The number of amides is 1. The molecule has 0 radical (unpaired) electrons. The van der Waals surface area contributed by atoms with Crippen molar-refractivity contribution < 1.29 is 37.0 Å². The molecule has 0 saturated carbocycles. The van der Waals surface area contributed by atoms with Crippen LogP contribution in [0.5, 0.6) is 5.75 Å². The number of ether oxygens (including phenoxy) is 1. The molecule has 1 amide bonds. The highest BCUT2D eigenvalue weighted by Gasteiger charge is 2.52. The van der Waals surface area contributed by atoms with Gasteiger partial charge in [0, 0.05) is 5.56 Å². The second-order valence-corrected chi connectivity index (χ2v) is 4.51. The van der Waals surface area contributed by atoms with Crippen LogP contribution in [-0.4, -0.2) is 47.0 Å². The smallest absolute Gasteiger partial charge is 0.465 e. The number of ketones is 1. The topological polar surface area (TPSA) is 66.8 Å². The quantitative estimate of drug-likeness (QED) is 0.688. The van der Waals surface area contributed by atoms with E-state index < -0.39 is 42.7 Å². The Morgan fingerprint density at radius 3 is 2.14 bits per heavy atom. The van der Waals surface area contributed by atoms with Gasteiger partial charge in [-0.1, -0.05) is 0 Å². The van der Waals surface area contributed by atoms with Crippen molar-refractivity contribution in [2.24, 2.45) is 0 Å². The van der Waals surface area contributed by atoms with E-state index in [4.69, 9.17) is 5.11 Å². The number of nitrogens with zero attached hydrogens (tertiary/aromatic N) is 1. The van der Waals surface area contributed by atoms with E-state index in [0.717, 1.165) is 29.2 Å². The highest BCUT2D eigenvalue weighted by molar-refractivity contribution is 6.04. The summed E-state index contributed by atoms with van der Waals surface area (Å²) >= 11 is 0. The van der Waals surface area contributed by atoms with Gasteiger partial charge in [0.25, 0.3) is 0 Å². The van der Waals surface area contributed by atoms with Crippen LogP contribution < -0.4 is 4.74 Å². The minimum Gasteiger partial charge on any atom is -0.465 e. The molecule has 0 spiro atoms. The summed E-state index contributed by atoms with van der Waals surface area (Å²) in [4.78, 5) is 23.1. The van der Waals surface area contributed by atoms with E-state index >= 15 is 0 Å². The van der Waals surface area contributed by atoms with Gasteiger partial charge in [0.05, 0.1) is 13.1 Å². The third-order valence-electron chi connectivity index (χ3n) is 2.91. The second kappa shape index (κ2) is 4.90. The van der Waals surface area contributed by atoms with Crippen LogP contribution in [0.2, 0.25) is 0 Å². The molecular weight excluding hydrogens is 298 g/mol. The Morgan fingerprint density at radius 1 is 1.19 bits per heavy atom. The first-order valence-corrected chi connectivity index (χ1v) is 5.68. The maximum atomic E-state index is 14.1. The lowest BCUT2D eigenvalue weighted by molar-refractivity contribution is -0.274. The Morgan fingerprint density at radius 2 is 1.71 bits per heavy atom. The van der Waals surface area contributed by atoms with Crippen LogP contribution in [0.1, 0.15) is 10.4 Å². The molecule has 1 saturated heterocycles. The van der Waals surface area contributed by atoms with Gasteiger partial charge in [0.1, 0.15) is 5.75 Å². The molecule has 1 heterocycles. The first-order valence-electron chi connectivity index (χ1n) is 5.68. The summed E-state index contributed by atoms with van der Waals surface area (Å²) in [5.74, 6) is -1.51. The molecule has 21 heavy (non-hydrogen) atoms. The first-order chi connectivity index (χ1) is 9.61. The van der Waals surface area contributed by atoms with Gasteiger partial charge in [-0.15, -0.1) is 13.2 Å².